The van der Waals surface area contributed by atoms with Crippen molar-refractivity contribution in [3.05, 3.63) is 29.3 Å². The molecule has 0 bridgehead atoms. The standard InChI is InChI=1S/C14H18F3NO/c1-9-3-6-11(14(15,16)17)7-12(9)18-13(8-19-2)10-4-5-10/h3,6-7,10,13,18H,4-5,8H2,1-2H3. The minimum atomic E-state index is -4.31. The first kappa shape index (κ1) is 14.2. The van der Waals surface area contributed by atoms with Crippen LogP contribution in [0.4, 0.5) is 18.9 Å². The smallest absolute Gasteiger partial charge is 0.383 e. The Balaban J connectivity index is 2.18. The van der Waals surface area contributed by atoms with E-state index < -0.39 is 11.7 Å². The highest BCUT2D eigenvalue weighted by molar-refractivity contribution is 5.54. The van der Waals surface area contributed by atoms with E-state index in [1.54, 1.807) is 14.0 Å². The van der Waals surface area contributed by atoms with E-state index in [1.807, 2.05) is 0 Å². The summed E-state index contributed by atoms with van der Waals surface area (Å²) in [7, 11) is 1.61. The number of rotatable bonds is 5. The Morgan fingerprint density at radius 3 is 2.58 bits per heavy atom. The molecule has 1 fully saturated rings. The molecule has 1 atom stereocenters. The Kier molecular flexibility index (Phi) is 4.04. The zero-order valence-corrected chi connectivity index (χ0v) is 11.1. The predicted molar refractivity (Wildman–Crippen MR) is 68.2 cm³/mol. The van der Waals surface area contributed by atoms with Gasteiger partial charge in [0.25, 0.3) is 0 Å². The average molecular weight is 273 g/mol. The molecular formula is C14H18F3NO. The lowest BCUT2D eigenvalue weighted by atomic mass is 10.1. The van der Waals surface area contributed by atoms with Gasteiger partial charge in [0.2, 0.25) is 0 Å². The summed E-state index contributed by atoms with van der Waals surface area (Å²) in [5.74, 6) is 0.508. The molecular weight excluding hydrogens is 255 g/mol. The van der Waals surface area contributed by atoms with Crippen LogP contribution in [-0.2, 0) is 10.9 Å². The second kappa shape index (κ2) is 5.41. The fraction of sp³-hybridized carbons (Fsp3) is 0.571. The summed E-state index contributed by atoms with van der Waals surface area (Å²) in [6.45, 7) is 2.32. The van der Waals surface area contributed by atoms with Gasteiger partial charge in [-0.2, -0.15) is 13.2 Å². The van der Waals surface area contributed by atoms with Crippen molar-refractivity contribution in [3.63, 3.8) is 0 Å². The molecule has 0 amide bonds. The molecule has 0 heterocycles. The molecule has 106 valence electrons. The van der Waals surface area contributed by atoms with Crippen molar-refractivity contribution in [2.75, 3.05) is 19.0 Å². The molecule has 0 aliphatic heterocycles. The molecule has 19 heavy (non-hydrogen) atoms. The minimum Gasteiger partial charge on any atom is -0.383 e. The number of methoxy groups -OCH3 is 1. The summed E-state index contributed by atoms with van der Waals surface area (Å²) in [6, 6.07) is 3.89. The Labute approximate surface area is 111 Å². The number of halogens is 3. The second-order valence-electron chi connectivity index (χ2n) is 5.07. The van der Waals surface area contributed by atoms with Crippen LogP contribution in [0.5, 0.6) is 0 Å². The van der Waals surface area contributed by atoms with E-state index in [9.17, 15) is 13.2 Å². The molecule has 1 aliphatic carbocycles. The molecule has 1 aromatic rings. The lowest BCUT2D eigenvalue weighted by Crippen LogP contribution is -2.27. The van der Waals surface area contributed by atoms with Crippen molar-refractivity contribution in [1.82, 2.24) is 0 Å². The molecule has 1 aliphatic rings. The average Bonchev–Trinajstić information content (AvgIpc) is 3.13. The summed E-state index contributed by atoms with van der Waals surface area (Å²) < 4.78 is 43.2. The lowest BCUT2D eigenvalue weighted by molar-refractivity contribution is -0.137. The van der Waals surface area contributed by atoms with Crippen molar-refractivity contribution in [1.29, 1.82) is 0 Å². The second-order valence-corrected chi connectivity index (χ2v) is 5.07. The van der Waals surface area contributed by atoms with Crippen LogP contribution < -0.4 is 5.32 Å². The van der Waals surface area contributed by atoms with Crippen LogP contribution in [-0.4, -0.2) is 19.8 Å². The third kappa shape index (κ3) is 3.62. The number of alkyl halides is 3. The van der Waals surface area contributed by atoms with Crippen LogP contribution in [0.25, 0.3) is 0 Å². The van der Waals surface area contributed by atoms with Crippen LogP contribution >= 0.6 is 0 Å². The highest BCUT2D eigenvalue weighted by Crippen LogP contribution is 2.36. The van der Waals surface area contributed by atoms with Crippen molar-refractivity contribution in [2.45, 2.75) is 32.0 Å². The zero-order chi connectivity index (χ0) is 14.0. The van der Waals surface area contributed by atoms with Gasteiger partial charge in [-0.15, -0.1) is 0 Å². The lowest BCUT2D eigenvalue weighted by Gasteiger charge is -2.21. The Hall–Kier alpha value is -1.23. The number of hydrogen-bond donors (Lipinski definition) is 1. The third-order valence-electron chi connectivity index (χ3n) is 3.44. The first-order valence-electron chi connectivity index (χ1n) is 6.35. The van der Waals surface area contributed by atoms with Gasteiger partial charge in [0.1, 0.15) is 0 Å². The van der Waals surface area contributed by atoms with Crippen molar-refractivity contribution in [2.24, 2.45) is 5.92 Å². The molecule has 1 aromatic carbocycles. The van der Waals surface area contributed by atoms with Crippen LogP contribution in [0.1, 0.15) is 24.0 Å². The van der Waals surface area contributed by atoms with E-state index in [0.29, 0.717) is 18.2 Å². The molecule has 1 N–H and O–H groups in total. The minimum absolute atomic E-state index is 0.0900. The molecule has 0 saturated heterocycles. The van der Waals surface area contributed by atoms with Crippen molar-refractivity contribution < 1.29 is 17.9 Å². The Morgan fingerprint density at radius 1 is 1.37 bits per heavy atom. The van der Waals surface area contributed by atoms with E-state index in [4.69, 9.17) is 4.74 Å². The van der Waals surface area contributed by atoms with E-state index >= 15 is 0 Å². The largest absolute Gasteiger partial charge is 0.416 e. The maximum absolute atomic E-state index is 12.7. The monoisotopic (exact) mass is 273 g/mol. The van der Waals surface area contributed by atoms with Crippen molar-refractivity contribution in [3.8, 4) is 0 Å². The van der Waals surface area contributed by atoms with E-state index in [2.05, 4.69) is 5.32 Å². The maximum atomic E-state index is 12.7. The maximum Gasteiger partial charge on any atom is 0.416 e. The highest BCUT2D eigenvalue weighted by atomic mass is 19.4. The van der Waals surface area contributed by atoms with Crippen LogP contribution in [0.2, 0.25) is 0 Å². The number of anilines is 1. The van der Waals surface area contributed by atoms with E-state index in [-0.39, 0.29) is 6.04 Å². The molecule has 0 radical (unpaired) electrons. The quantitative estimate of drug-likeness (QED) is 0.879. The van der Waals surface area contributed by atoms with Gasteiger partial charge in [-0.1, -0.05) is 6.07 Å². The SMILES string of the molecule is COCC(Nc1cc(C(F)(F)F)ccc1C)C1CC1. The molecule has 2 nitrogen and oxygen atoms in total. The number of ether oxygens (including phenoxy) is 1. The highest BCUT2D eigenvalue weighted by Gasteiger charge is 2.33. The normalized spacial score (nSPS) is 17.3. The van der Waals surface area contributed by atoms with Gasteiger partial charge >= 0.3 is 6.18 Å². The summed E-state index contributed by atoms with van der Waals surface area (Å²) in [5, 5.41) is 3.20. The van der Waals surface area contributed by atoms with Gasteiger partial charge in [-0.25, -0.2) is 0 Å². The fourth-order valence-electron chi connectivity index (χ4n) is 2.13. The number of benzene rings is 1. The summed E-state index contributed by atoms with van der Waals surface area (Å²) >= 11 is 0. The molecule has 5 heteroatoms. The Bertz CT molecular complexity index is 441. The number of hydrogen-bond acceptors (Lipinski definition) is 2. The van der Waals surface area contributed by atoms with Gasteiger partial charge in [0.05, 0.1) is 18.2 Å². The van der Waals surface area contributed by atoms with Gasteiger partial charge in [0, 0.05) is 12.8 Å². The number of aryl methyl sites for hydroxylation is 1. The third-order valence-corrected chi connectivity index (χ3v) is 3.44. The van der Waals surface area contributed by atoms with Crippen LogP contribution in [0, 0.1) is 12.8 Å². The van der Waals surface area contributed by atoms with Crippen molar-refractivity contribution >= 4 is 5.69 Å². The van der Waals surface area contributed by atoms with Gasteiger partial charge in [-0.05, 0) is 43.4 Å². The van der Waals surface area contributed by atoms with Gasteiger partial charge in [0.15, 0.2) is 0 Å². The van der Waals surface area contributed by atoms with Crippen LogP contribution in [0.3, 0.4) is 0 Å². The van der Waals surface area contributed by atoms with E-state index in [0.717, 1.165) is 24.5 Å². The van der Waals surface area contributed by atoms with Gasteiger partial charge in [-0.3, -0.25) is 0 Å². The molecule has 1 unspecified atom stereocenters. The zero-order valence-electron chi connectivity index (χ0n) is 11.1. The van der Waals surface area contributed by atoms with Crippen LogP contribution in [0.15, 0.2) is 18.2 Å². The molecule has 2 rings (SSSR count). The summed E-state index contributed by atoms with van der Waals surface area (Å²) in [6.07, 6.45) is -2.08. The summed E-state index contributed by atoms with van der Waals surface area (Å²) in [4.78, 5) is 0. The molecule has 1 saturated carbocycles. The fourth-order valence-corrected chi connectivity index (χ4v) is 2.13. The topological polar surface area (TPSA) is 21.3 Å². The first-order valence-corrected chi connectivity index (χ1v) is 6.35. The van der Waals surface area contributed by atoms with E-state index in [1.165, 1.54) is 12.1 Å². The summed E-state index contributed by atoms with van der Waals surface area (Å²) in [5.41, 5.74) is 0.742. The molecule has 0 spiro atoms. The van der Waals surface area contributed by atoms with Gasteiger partial charge < -0.3 is 10.1 Å². The molecule has 0 aromatic heterocycles. The predicted octanol–water partition coefficient (Wildman–Crippen LogP) is 3.85. The Morgan fingerprint density at radius 2 is 2.05 bits per heavy atom. The number of nitrogens with one attached hydrogen (secondary N) is 1. The first-order chi connectivity index (χ1) is 8.91.